The molecule has 2 aromatic heterocycles. The molecule has 0 amide bonds. The fraction of sp³-hybridized carbons (Fsp3) is 0.321. The van der Waals surface area contributed by atoms with Crippen molar-refractivity contribution in [3.63, 3.8) is 0 Å². The van der Waals surface area contributed by atoms with E-state index in [1.807, 2.05) is 6.07 Å². The highest BCUT2D eigenvalue weighted by molar-refractivity contribution is 5.95. The highest BCUT2D eigenvalue weighted by Crippen LogP contribution is 2.50. The van der Waals surface area contributed by atoms with Crippen LogP contribution in [-0.4, -0.2) is 39.9 Å². The number of ether oxygens (including phenoxy) is 1. The van der Waals surface area contributed by atoms with Gasteiger partial charge in [-0.2, -0.15) is 23.3 Å². The molecule has 3 aliphatic rings. The molecule has 1 aliphatic carbocycles. The van der Waals surface area contributed by atoms with E-state index in [9.17, 15) is 18.0 Å². The molecular weight excluding hydrogens is 509 g/mol. The monoisotopic (exact) mass is 534 g/mol. The minimum atomic E-state index is -4.49. The van der Waals surface area contributed by atoms with E-state index in [1.165, 1.54) is 17.2 Å². The summed E-state index contributed by atoms with van der Waals surface area (Å²) in [4.78, 5) is 22.9. The number of hydrogen-bond donors (Lipinski definition) is 3. The Morgan fingerprint density at radius 3 is 2.69 bits per heavy atom. The van der Waals surface area contributed by atoms with Gasteiger partial charge in [0.15, 0.2) is 5.65 Å². The van der Waals surface area contributed by atoms with Crippen LogP contribution in [0.25, 0.3) is 16.6 Å². The van der Waals surface area contributed by atoms with Crippen molar-refractivity contribution in [2.75, 3.05) is 24.6 Å². The largest absolute Gasteiger partial charge is 0.489 e. The minimum absolute atomic E-state index is 0.000634. The number of aromatic nitrogens is 4. The van der Waals surface area contributed by atoms with E-state index in [1.54, 1.807) is 6.08 Å². The number of piperidine rings is 1. The van der Waals surface area contributed by atoms with Gasteiger partial charge in [0.25, 0.3) is 5.56 Å². The van der Waals surface area contributed by atoms with E-state index in [0.717, 1.165) is 31.4 Å². The van der Waals surface area contributed by atoms with Crippen LogP contribution in [0.3, 0.4) is 0 Å². The highest BCUT2D eigenvalue weighted by atomic mass is 19.4. The summed E-state index contributed by atoms with van der Waals surface area (Å²) in [6.07, 6.45) is -0.0801. The number of benzene rings is 2. The van der Waals surface area contributed by atoms with Crippen LogP contribution < -0.4 is 20.9 Å². The molecule has 0 unspecified atom stereocenters. The molecule has 200 valence electrons. The molecule has 39 heavy (non-hydrogen) atoms. The standard InChI is InChI=1S/C28H25F3N6O2/c29-28(30,31)16-5-6-18-19(7-12-39-20(18)13-16)22-21-24(36-35-22)33-26(34-25(21)38)37-10-8-27(9-11-37)14-15-3-1-2-4-17(15)23(27)32/h1-7,13,23H,8-12,14,32H2,(H2,33,34,35,36,38)/t23-/m1/s1. The average molecular weight is 535 g/mol. The summed E-state index contributed by atoms with van der Waals surface area (Å²) in [5, 5.41) is 7.44. The van der Waals surface area contributed by atoms with Crippen molar-refractivity contribution in [2.45, 2.75) is 31.5 Å². The molecule has 0 bridgehead atoms. The van der Waals surface area contributed by atoms with Crippen molar-refractivity contribution in [3.8, 4) is 5.75 Å². The fourth-order valence-corrected chi connectivity index (χ4v) is 6.33. The molecule has 1 spiro atoms. The number of hydrogen-bond acceptors (Lipinski definition) is 6. The first-order valence-electron chi connectivity index (χ1n) is 12.9. The summed E-state index contributed by atoms with van der Waals surface area (Å²) in [6, 6.07) is 11.6. The Kier molecular flexibility index (Phi) is 5.18. The zero-order valence-corrected chi connectivity index (χ0v) is 20.8. The van der Waals surface area contributed by atoms with Gasteiger partial charge in [-0.25, -0.2) is 0 Å². The molecule has 4 heterocycles. The highest BCUT2D eigenvalue weighted by Gasteiger charge is 2.46. The van der Waals surface area contributed by atoms with Gasteiger partial charge in [-0.15, -0.1) is 0 Å². The first-order chi connectivity index (χ1) is 18.7. The lowest BCUT2D eigenvalue weighted by atomic mass is 9.73. The van der Waals surface area contributed by atoms with Crippen LogP contribution >= 0.6 is 0 Å². The first-order valence-corrected chi connectivity index (χ1v) is 12.9. The van der Waals surface area contributed by atoms with Crippen molar-refractivity contribution in [1.82, 2.24) is 20.2 Å². The van der Waals surface area contributed by atoms with Gasteiger partial charge in [0.1, 0.15) is 23.4 Å². The Balaban J connectivity index is 1.17. The van der Waals surface area contributed by atoms with Crippen LogP contribution in [0.1, 0.15) is 46.8 Å². The number of H-pyrrole nitrogens is 2. The fourth-order valence-electron chi connectivity index (χ4n) is 6.33. The quantitative estimate of drug-likeness (QED) is 0.353. The van der Waals surface area contributed by atoms with Gasteiger partial charge in [0.2, 0.25) is 5.95 Å². The zero-order chi connectivity index (χ0) is 26.9. The molecule has 4 aromatic rings. The zero-order valence-electron chi connectivity index (χ0n) is 20.8. The number of nitrogens with two attached hydrogens (primary N) is 1. The number of aromatic amines is 2. The average Bonchev–Trinajstić information content (AvgIpc) is 3.47. The van der Waals surface area contributed by atoms with E-state index in [0.29, 0.717) is 41.5 Å². The Bertz CT molecular complexity index is 1700. The number of rotatable bonds is 2. The Labute approximate surface area is 220 Å². The van der Waals surface area contributed by atoms with E-state index < -0.39 is 11.7 Å². The molecule has 0 saturated carbocycles. The summed E-state index contributed by atoms with van der Waals surface area (Å²) in [6.45, 7) is 1.46. The lowest BCUT2D eigenvalue weighted by Gasteiger charge is -2.42. The molecule has 2 aromatic carbocycles. The van der Waals surface area contributed by atoms with Crippen LogP contribution in [0.15, 0.2) is 53.3 Å². The molecular formula is C28H25F3N6O2. The molecule has 11 heteroatoms. The van der Waals surface area contributed by atoms with E-state index in [2.05, 4.69) is 43.3 Å². The summed E-state index contributed by atoms with van der Waals surface area (Å²) < 4.78 is 45.1. The molecule has 1 fully saturated rings. The first kappa shape index (κ1) is 24.0. The molecule has 0 radical (unpaired) electrons. The SMILES string of the molecule is N[C@@H]1c2ccccc2CC12CCN(c1nc3[nH]nc(C4=CCOc5cc(C(F)(F)F)ccc54)c3c(=O)[nH]1)CC2. The maximum absolute atomic E-state index is 13.3. The second-order valence-corrected chi connectivity index (χ2v) is 10.5. The number of alkyl halides is 3. The Morgan fingerprint density at radius 1 is 1.13 bits per heavy atom. The number of nitrogens with zero attached hydrogens (tertiary/aromatic N) is 3. The van der Waals surface area contributed by atoms with Gasteiger partial charge in [-0.3, -0.25) is 14.9 Å². The van der Waals surface area contributed by atoms with Crippen molar-refractivity contribution in [3.05, 3.63) is 86.8 Å². The van der Waals surface area contributed by atoms with Crippen molar-refractivity contribution in [1.29, 1.82) is 0 Å². The van der Waals surface area contributed by atoms with Crippen LogP contribution in [0.2, 0.25) is 0 Å². The van der Waals surface area contributed by atoms with Gasteiger partial charge in [0, 0.05) is 30.3 Å². The van der Waals surface area contributed by atoms with Crippen LogP contribution in [0.4, 0.5) is 19.1 Å². The maximum atomic E-state index is 13.3. The summed E-state index contributed by atoms with van der Waals surface area (Å²) in [5.74, 6) is 0.548. The second kappa shape index (κ2) is 8.44. The van der Waals surface area contributed by atoms with Crippen LogP contribution in [0, 0.1) is 5.41 Å². The lowest BCUT2D eigenvalue weighted by Crippen LogP contribution is -2.45. The predicted molar refractivity (Wildman–Crippen MR) is 139 cm³/mol. The molecule has 8 nitrogen and oxygen atoms in total. The number of halogens is 3. The van der Waals surface area contributed by atoms with Crippen LogP contribution in [0.5, 0.6) is 5.75 Å². The summed E-state index contributed by atoms with van der Waals surface area (Å²) in [7, 11) is 0. The maximum Gasteiger partial charge on any atom is 0.416 e. The van der Waals surface area contributed by atoms with Crippen molar-refractivity contribution >= 4 is 22.6 Å². The van der Waals surface area contributed by atoms with E-state index >= 15 is 0 Å². The number of nitrogens with one attached hydrogen (secondary N) is 2. The van der Waals surface area contributed by atoms with E-state index in [-0.39, 0.29) is 34.8 Å². The summed E-state index contributed by atoms with van der Waals surface area (Å²) in [5.41, 5.74) is 9.66. The van der Waals surface area contributed by atoms with Gasteiger partial charge in [0.05, 0.1) is 5.56 Å². The molecule has 4 N–H and O–H groups in total. The van der Waals surface area contributed by atoms with Gasteiger partial charge in [-0.05, 0) is 60.1 Å². The Hall–Kier alpha value is -4.12. The third-order valence-corrected chi connectivity index (χ3v) is 8.45. The lowest BCUT2D eigenvalue weighted by molar-refractivity contribution is -0.137. The van der Waals surface area contributed by atoms with E-state index in [4.69, 9.17) is 10.5 Å². The molecule has 1 saturated heterocycles. The molecule has 1 atom stereocenters. The number of anilines is 1. The van der Waals surface area contributed by atoms with Crippen molar-refractivity contribution < 1.29 is 17.9 Å². The third kappa shape index (κ3) is 3.75. The van der Waals surface area contributed by atoms with Gasteiger partial charge < -0.3 is 15.4 Å². The number of fused-ring (bicyclic) bond motifs is 3. The Morgan fingerprint density at radius 2 is 1.92 bits per heavy atom. The molecule has 7 rings (SSSR count). The van der Waals surface area contributed by atoms with Crippen LogP contribution in [-0.2, 0) is 12.6 Å². The smallest absolute Gasteiger partial charge is 0.416 e. The minimum Gasteiger partial charge on any atom is -0.489 e. The van der Waals surface area contributed by atoms with Crippen molar-refractivity contribution in [2.24, 2.45) is 11.1 Å². The van der Waals surface area contributed by atoms with Gasteiger partial charge in [-0.1, -0.05) is 24.3 Å². The normalized spacial score (nSPS) is 20.1. The topological polar surface area (TPSA) is 113 Å². The predicted octanol–water partition coefficient (Wildman–Crippen LogP) is 4.33. The third-order valence-electron chi connectivity index (χ3n) is 8.45. The second-order valence-electron chi connectivity index (χ2n) is 10.5. The van der Waals surface area contributed by atoms with Gasteiger partial charge >= 0.3 is 6.18 Å². The summed E-state index contributed by atoms with van der Waals surface area (Å²) >= 11 is 0. The molecule has 2 aliphatic heterocycles.